The fourth-order valence-electron chi connectivity index (χ4n) is 1.48. The molecule has 1 saturated heterocycles. The third-order valence-corrected chi connectivity index (χ3v) is 2.41. The van der Waals surface area contributed by atoms with Crippen LogP contribution in [0.3, 0.4) is 0 Å². The molecular weight excluding hydrogens is 200 g/mol. The minimum Gasteiger partial charge on any atom is -0.274 e. The number of halogens is 1. The Kier molecular flexibility index (Phi) is 2.70. The van der Waals surface area contributed by atoms with Crippen LogP contribution in [-0.4, -0.2) is 24.0 Å². The van der Waals surface area contributed by atoms with Crippen molar-refractivity contribution >= 4 is 17.5 Å². The zero-order valence-electron chi connectivity index (χ0n) is 7.66. The van der Waals surface area contributed by atoms with E-state index >= 15 is 0 Å². The number of nitrogens with zero attached hydrogens (tertiary/aromatic N) is 1. The van der Waals surface area contributed by atoms with Crippen LogP contribution in [0.15, 0.2) is 24.3 Å². The molecule has 1 aliphatic rings. The van der Waals surface area contributed by atoms with Crippen LogP contribution in [0.4, 0.5) is 0 Å². The number of carbonyl (C=O) groups excluding carboxylic acids is 1. The van der Waals surface area contributed by atoms with Gasteiger partial charge in [0.25, 0.3) is 5.91 Å². The average molecular weight is 211 g/mol. The van der Waals surface area contributed by atoms with E-state index in [2.05, 4.69) is 5.43 Å². The molecule has 0 bridgehead atoms. The zero-order valence-corrected chi connectivity index (χ0v) is 8.42. The van der Waals surface area contributed by atoms with E-state index in [9.17, 15) is 4.79 Å². The summed E-state index contributed by atoms with van der Waals surface area (Å²) in [6.07, 6.45) is 1.01. The lowest BCUT2D eigenvalue weighted by atomic mass is 10.2. The minimum absolute atomic E-state index is 0.00926. The smallest absolute Gasteiger partial charge is 0.268 e. The molecule has 0 saturated carbocycles. The Labute approximate surface area is 87.6 Å². The van der Waals surface area contributed by atoms with Crippen LogP contribution < -0.4 is 5.43 Å². The number of hydrogen-bond donors (Lipinski definition) is 1. The number of rotatable bonds is 1. The van der Waals surface area contributed by atoms with Crippen molar-refractivity contribution in [2.75, 3.05) is 13.1 Å². The largest absolute Gasteiger partial charge is 0.274 e. The highest BCUT2D eigenvalue weighted by Crippen LogP contribution is 2.13. The molecule has 74 valence electrons. The van der Waals surface area contributed by atoms with E-state index in [1.54, 1.807) is 29.3 Å². The molecule has 0 radical (unpaired) electrons. The Morgan fingerprint density at radius 2 is 2.36 bits per heavy atom. The zero-order chi connectivity index (χ0) is 9.97. The molecule has 1 aromatic carbocycles. The summed E-state index contributed by atoms with van der Waals surface area (Å²) < 4.78 is 0. The van der Waals surface area contributed by atoms with E-state index in [1.807, 2.05) is 0 Å². The molecule has 2 rings (SSSR count). The van der Waals surface area contributed by atoms with Gasteiger partial charge >= 0.3 is 0 Å². The van der Waals surface area contributed by atoms with Crippen LogP contribution in [0.1, 0.15) is 16.8 Å². The predicted octanol–water partition coefficient (Wildman–Crippen LogP) is 1.69. The van der Waals surface area contributed by atoms with Gasteiger partial charge in [0.05, 0.1) is 0 Å². The van der Waals surface area contributed by atoms with E-state index < -0.39 is 0 Å². The van der Waals surface area contributed by atoms with Crippen LogP contribution in [-0.2, 0) is 0 Å². The lowest BCUT2D eigenvalue weighted by Crippen LogP contribution is -2.36. The first kappa shape index (κ1) is 9.49. The highest BCUT2D eigenvalue weighted by Gasteiger charge is 2.18. The maximum atomic E-state index is 11.8. The molecule has 1 amide bonds. The Hall–Kier alpha value is -1.06. The van der Waals surface area contributed by atoms with E-state index in [1.165, 1.54) is 0 Å². The second-order valence-corrected chi connectivity index (χ2v) is 3.67. The van der Waals surface area contributed by atoms with Crippen molar-refractivity contribution in [3.63, 3.8) is 0 Å². The topological polar surface area (TPSA) is 32.3 Å². The number of hydrazine groups is 1. The highest BCUT2D eigenvalue weighted by molar-refractivity contribution is 6.30. The summed E-state index contributed by atoms with van der Waals surface area (Å²) in [6, 6.07) is 7.00. The van der Waals surface area contributed by atoms with Gasteiger partial charge in [-0.25, -0.2) is 5.43 Å². The molecule has 0 spiro atoms. The molecule has 1 aromatic rings. The number of carbonyl (C=O) groups is 1. The lowest BCUT2D eigenvalue weighted by molar-refractivity contribution is 0.0726. The first-order valence-corrected chi connectivity index (χ1v) is 4.96. The molecule has 4 heteroatoms. The van der Waals surface area contributed by atoms with E-state index in [0.717, 1.165) is 19.5 Å². The lowest BCUT2D eigenvalue weighted by Gasteiger charge is -2.15. The van der Waals surface area contributed by atoms with Gasteiger partial charge in [0.1, 0.15) is 0 Å². The standard InChI is InChI=1S/C10H11ClN2O/c11-9-4-1-3-8(7-9)10(14)13-6-2-5-12-13/h1,3-4,7,12H,2,5-6H2. The summed E-state index contributed by atoms with van der Waals surface area (Å²) in [5.41, 5.74) is 3.65. The SMILES string of the molecule is O=C(c1cccc(Cl)c1)N1CCCN1. The second-order valence-electron chi connectivity index (χ2n) is 3.23. The van der Waals surface area contributed by atoms with Gasteiger partial charge < -0.3 is 0 Å². The highest BCUT2D eigenvalue weighted by atomic mass is 35.5. The van der Waals surface area contributed by atoms with Crippen LogP contribution >= 0.6 is 11.6 Å². The Morgan fingerprint density at radius 3 is 3.00 bits per heavy atom. The van der Waals surface area contributed by atoms with E-state index in [-0.39, 0.29) is 5.91 Å². The molecule has 0 aliphatic carbocycles. The Morgan fingerprint density at radius 1 is 1.50 bits per heavy atom. The van der Waals surface area contributed by atoms with E-state index in [0.29, 0.717) is 10.6 Å². The fourth-order valence-corrected chi connectivity index (χ4v) is 1.67. The summed E-state index contributed by atoms with van der Waals surface area (Å²) in [4.78, 5) is 11.8. The maximum absolute atomic E-state index is 11.8. The third-order valence-electron chi connectivity index (χ3n) is 2.18. The fraction of sp³-hybridized carbons (Fsp3) is 0.300. The first-order valence-electron chi connectivity index (χ1n) is 4.58. The van der Waals surface area contributed by atoms with Crippen molar-refractivity contribution < 1.29 is 4.79 Å². The summed E-state index contributed by atoms with van der Waals surface area (Å²) in [5.74, 6) is -0.00926. The van der Waals surface area contributed by atoms with Gasteiger partial charge in [-0.15, -0.1) is 0 Å². The van der Waals surface area contributed by atoms with E-state index in [4.69, 9.17) is 11.6 Å². The molecule has 1 aliphatic heterocycles. The molecule has 1 fully saturated rings. The van der Waals surface area contributed by atoms with Gasteiger partial charge in [-0.2, -0.15) is 0 Å². The Balaban J connectivity index is 2.17. The monoisotopic (exact) mass is 210 g/mol. The van der Waals surface area contributed by atoms with Crippen molar-refractivity contribution in [2.45, 2.75) is 6.42 Å². The van der Waals surface area contributed by atoms with Crippen molar-refractivity contribution in [1.29, 1.82) is 0 Å². The molecule has 3 nitrogen and oxygen atoms in total. The number of nitrogens with one attached hydrogen (secondary N) is 1. The van der Waals surface area contributed by atoms with Crippen molar-refractivity contribution in [2.24, 2.45) is 0 Å². The van der Waals surface area contributed by atoms with Gasteiger partial charge in [-0.05, 0) is 24.6 Å². The van der Waals surface area contributed by atoms with Crippen LogP contribution in [0.2, 0.25) is 5.02 Å². The first-order chi connectivity index (χ1) is 6.77. The molecule has 0 unspecified atom stereocenters. The summed E-state index contributed by atoms with van der Waals surface area (Å²) in [6.45, 7) is 1.64. The number of benzene rings is 1. The van der Waals surface area contributed by atoms with Gasteiger partial charge in [-0.3, -0.25) is 9.80 Å². The normalized spacial score (nSPS) is 15.9. The van der Waals surface area contributed by atoms with Crippen molar-refractivity contribution in [1.82, 2.24) is 10.4 Å². The van der Waals surface area contributed by atoms with Crippen LogP contribution in [0.25, 0.3) is 0 Å². The van der Waals surface area contributed by atoms with Crippen molar-refractivity contribution in [3.05, 3.63) is 34.9 Å². The molecular formula is C10H11ClN2O. The molecule has 14 heavy (non-hydrogen) atoms. The summed E-state index contributed by atoms with van der Waals surface area (Å²) >= 11 is 5.80. The van der Waals surface area contributed by atoms with Gasteiger partial charge in [-0.1, -0.05) is 17.7 Å². The quantitative estimate of drug-likeness (QED) is 0.765. The minimum atomic E-state index is -0.00926. The number of amides is 1. The second kappa shape index (κ2) is 3.98. The maximum Gasteiger partial charge on any atom is 0.268 e. The number of hydrogen-bond acceptors (Lipinski definition) is 2. The van der Waals surface area contributed by atoms with Gasteiger partial charge in [0.15, 0.2) is 0 Å². The average Bonchev–Trinajstić information content (AvgIpc) is 2.69. The molecule has 0 atom stereocenters. The molecule has 1 N–H and O–H groups in total. The van der Waals surface area contributed by atoms with Gasteiger partial charge in [0.2, 0.25) is 0 Å². The summed E-state index contributed by atoms with van der Waals surface area (Å²) in [5, 5.41) is 2.22. The Bertz CT molecular complexity index is 348. The predicted molar refractivity (Wildman–Crippen MR) is 55.1 cm³/mol. The van der Waals surface area contributed by atoms with Gasteiger partial charge in [0, 0.05) is 23.7 Å². The van der Waals surface area contributed by atoms with Crippen LogP contribution in [0, 0.1) is 0 Å². The van der Waals surface area contributed by atoms with Crippen molar-refractivity contribution in [3.8, 4) is 0 Å². The van der Waals surface area contributed by atoms with Crippen LogP contribution in [0.5, 0.6) is 0 Å². The third kappa shape index (κ3) is 1.89. The summed E-state index contributed by atoms with van der Waals surface area (Å²) in [7, 11) is 0. The molecule has 0 aromatic heterocycles. The molecule has 1 heterocycles.